The number of hydrogen-bond donors (Lipinski definition) is 2. The molecule has 3 aliphatic rings. The van der Waals surface area contributed by atoms with Gasteiger partial charge in [0, 0.05) is 31.0 Å². The van der Waals surface area contributed by atoms with Crippen molar-refractivity contribution in [1.82, 2.24) is 15.1 Å². The first-order valence-corrected chi connectivity index (χ1v) is 10.5. The highest BCUT2D eigenvalue weighted by molar-refractivity contribution is 6.07. The summed E-state index contributed by atoms with van der Waals surface area (Å²) in [6.45, 7) is 1.15. The molecule has 6 rings (SSSR count). The zero-order chi connectivity index (χ0) is 21.2. The van der Waals surface area contributed by atoms with Gasteiger partial charge in [0.1, 0.15) is 11.4 Å². The van der Waals surface area contributed by atoms with Crippen molar-refractivity contribution in [3.63, 3.8) is 0 Å². The van der Waals surface area contributed by atoms with Crippen LogP contribution in [0.1, 0.15) is 24.8 Å². The van der Waals surface area contributed by atoms with E-state index in [9.17, 15) is 4.79 Å². The van der Waals surface area contributed by atoms with Gasteiger partial charge in [-0.3, -0.25) is 14.8 Å². The largest absolute Gasteiger partial charge is 0.484 e. The molecule has 3 aromatic rings. The number of carbonyl (C=O) groups excluding carboxylic acids is 1. The molecule has 0 saturated carbocycles. The van der Waals surface area contributed by atoms with Crippen molar-refractivity contribution < 1.29 is 14.3 Å². The Morgan fingerprint density at radius 3 is 2.81 bits per heavy atom. The van der Waals surface area contributed by atoms with E-state index in [1.165, 1.54) is 4.90 Å². The Morgan fingerprint density at radius 1 is 1.19 bits per heavy atom. The molecule has 8 nitrogen and oxygen atoms in total. The fourth-order valence-electron chi connectivity index (χ4n) is 5.11. The summed E-state index contributed by atoms with van der Waals surface area (Å²) in [5.74, 6) is 0.776. The maximum Gasteiger partial charge on any atom is 0.261 e. The second-order valence-corrected chi connectivity index (χ2v) is 8.70. The standard InChI is InChI=1S/C23H23N5O3/c1-28-20(29)23(26-21(28)24)12-22(7-2-8-30-13-22)31-19-6-5-14(9-17(19)23)15-3-4-16-11-25-27-18(16)10-15/h3-6,9-11H,2,7-8,12-13H2,1H3,(H2,24,26)(H,25,27)/t22-,23+/m1/s1. The predicted molar refractivity (Wildman–Crippen MR) is 116 cm³/mol. The summed E-state index contributed by atoms with van der Waals surface area (Å²) in [4.78, 5) is 19.7. The zero-order valence-electron chi connectivity index (χ0n) is 17.2. The third-order valence-electron chi connectivity index (χ3n) is 6.70. The monoisotopic (exact) mass is 417 g/mol. The Kier molecular flexibility index (Phi) is 3.74. The number of hydrogen-bond acceptors (Lipinski definition) is 6. The fraction of sp³-hybridized carbons (Fsp3) is 0.348. The number of amides is 1. The van der Waals surface area contributed by atoms with Crippen molar-refractivity contribution >= 4 is 22.8 Å². The van der Waals surface area contributed by atoms with E-state index in [4.69, 9.17) is 20.2 Å². The molecule has 1 aromatic heterocycles. The van der Waals surface area contributed by atoms with E-state index in [-0.39, 0.29) is 11.9 Å². The number of nitrogens with two attached hydrogens (primary N) is 1. The van der Waals surface area contributed by atoms with Crippen LogP contribution in [0.4, 0.5) is 0 Å². The van der Waals surface area contributed by atoms with Crippen molar-refractivity contribution in [2.75, 3.05) is 20.3 Å². The van der Waals surface area contributed by atoms with Crippen molar-refractivity contribution in [1.29, 1.82) is 0 Å². The van der Waals surface area contributed by atoms with Gasteiger partial charge in [0.2, 0.25) is 0 Å². The number of fused-ring (bicyclic) bond motifs is 3. The number of rotatable bonds is 1. The van der Waals surface area contributed by atoms with E-state index < -0.39 is 11.1 Å². The number of aromatic amines is 1. The lowest BCUT2D eigenvalue weighted by Crippen LogP contribution is -2.55. The first-order chi connectivity index (χ1) is 15.0. The Hall–Kier alpha value is -3.39. The topological polar surface area (TPSA) is 106 Å². The fourth-order valence-corrected chi connectivity index (χ4v) is 5.11. The molecule has 4 heterocycles. The molecule has 31 heavy (non-hydrogen) atoms. The Labute approximate surface area is 179 Å². The Bertz CT molecular complexity index is 1240. The minimum atomic E-state index is -1.10. The molecular formula is C23H23N5O3. The third kappa shape index (κ3) is 2.61. The van der Waals surface area contributed by atoms with Crippen LogP contribution in [0, 0.1) is 0 Å². The van der Waals surface area contributed by atoms with Crippen LogP contribution in [0.25, 0.3) is 22.0 Å². The van der Waals surface area contributed by atoms with Gasteiger partial charge in [-0.25, -0.2) is 4.99 Å². The number of nitrogens with one attached hydrogen (secondary N) is 1. The average molecular weight is 417 g/mol. The van der Waals surface area contributed by atoms with Crippen LogP contribution in [-0.4, -0.2) is 52.8 Å². The van der Waals surface area contributed by atoms with E-state index in [1.54, 1.807) is 13.2 Å². The van der Waals surface area contributed by atoms with Crippen LogP contribution >= 0.6 is 0 Å². The molecule has 0 radical (unpaired) electrons. The summed E-state index contributed by atoms with van der Waals surface area (Å²) in [7, 11) is 1.67. The summed E-state index contributed by atoms with van der Waals surface area (Å²) in [5.41, 5.74) is 8.15. The quantitative estimate of drug-likeness (QED) is 0.633. The van der Waals surface area contributed by atoms with Crippen molar-refractivity contribution in [3.8, 4) is 16.9 Å². The van der Waals surface area contributed by atoms with Crippen LogP contribution in [0.5, 0.6) is 5.75 Å². The van der Waals surface area contributed by atoms with Gasteiger partial charge in [0.25, 0.3) is 5.91 Å². The molecule has 2 aromatic carbocycles. The van der Waals surface area contributed by atoms with Crippen molar-refractivity contribution in [3.05, 3.63) is 48.2 Å². The van der Waals surface area contributed by atoms with Crippen LogP contribution in [0.2, 0.25) is 0 Å². The molecule has 8 heteroatoms. The van der Waals surface area contributed by atoms with Gasteiger partial charge in [-0.05, 0) is 42.2 Å². The maximum atomic E-state index is 13.5. The number of ether oxygens (including phenoxy) is 2. The molecule has 0 unspecified atom stereocenters. The molecule has 2 atom stereocenters. The highest BCUT2D eigenvalue weighted by Gasteiger charge is 2.58. The smallest absolute Gasteiger partial charge is 0.261 e. The Morgan fingerprint density at radius 2 is 2.03 bits per heavy atom. The lowest BCUT2D eigenvalue weighted by molar-refractivity contribution is -0.139. The van der Waals surface area contributed by atoms with Crippen LogP contribution in [0.3, 0.4) is 0 Å². The summed E-state index contributed by atoms with van der Waals surface area (Å²) in [6, 6.07) is 12.1. The second-order valence-electron chi connectivity index (χ2n) is 8.70. The number of H-pyrrole nitrogens is 1. The van der Waals surface area contributed by atoms with Crippen molar-refractivity contribution in [2.24, 2.45) is 10.7 Å². The van der Waals surface area contributed by atoms with E-state index >= 15 is 0 Å². The molecule has 0 bridgehead atoms. The van der Waals surface area contributed by atoms with Crippen LogP contribution in [0.15, 0.2) is 47.6 Å². The normalized spacial score (nSPS) is 27.6. The molecule has 3 N–H and O–H groups in total. The third-order valence-corrected chi connectivity index (χ3v) is 6.70. The van der Waals surface area contributed by atoms with Gasteiger partial charge in [0.15, 0.2) is 11.5 Å². The van der Waals surface area contributed by atoms with Gasteiger partial charge >= 0.3 is 0 Å². The van der Waals surface area contributed by atoms with Gasteiger partial charge in [-0.1, -0.05) is 18.2 Å². The lowest BCUT2D eigenvalue weighted by Gasteiger charge is -2.46. The number of likely N-dealkylation sites (N-methyl/N-ethyl adjacent to an activating group) is 1. The zero-order valence-corrected chi connectivity index (χ0v) is 17.2. The maximum absolute atomic E-state index is 13.5. The van der Waals surface area contributed by atoms with E-state index in [1.807, 2.05) is 30.3 Å². The molecule has 1 saturated heterocycles. The number of nitrogens with zero attached hydrogens (tertiary/aromatic N) is 3. The first kappa shape index (κ1) is 18.4. The van der Waals surface area contributed by atoms with Crippen molar-refractivity contribution in [2.45, 2.75) is 30.4 Å². The number of guanidine groups is 1. The summed E-state index contributed by atoms with van der Waals surface area (Å²) in [6.07, 6.45) is 3.92. The molecule has 158 valence electrons. The van der Waals surface area contributed by atoms with E-state index in [0.29, 0.717) is 25.4 Å². The summed E-state index contributed by atoms with van der Waals surface area (Å²) < 4.78 is 12.2. The number of carbonyl (C=O) groups is 1. The van der Waals surface area contributed by atoms with Gasteiger partial charge in [-0.15, -0.1) is 0 Å². The molecule has 2 spiro atoms. The average Bonchev–Trinajstić information content (AvgIpc) is 3.33. The van der Waals surface area contributed by atoms with Crippen LogP contribution in [-0.2, 0) is 15.1 Å². The minimum absolute atomic E-state index is 0.124. The van der Waals surface area contributed by atoms with Gasteiger partial charge < -0.3 is 15.2 Å². The van der Waals surface area contributed by atoms with E-state index in [2.05, 4.69) is 16.3 Å². The highest BCUT2D eigenvalue weighted by Crippen LogP contribution is 2.51. The SMILES string of the molecule is CN1C(=O)[C@@]2(C[C@@]3(CCCOC3)Oc3ccc(-c4ccc5cn[nH]c5c4)cc32)N=C1N. The second kappa shape index (κ2) is 6.31. The molecule has 0 aliphatic carbocycles. The Balaban J connectivity index is 1.52. The molecule has 3 aliphatic heterocycles. The lowest BCUT2D eigenvalue weighted by atomic mass is 9.74. The minimum Gasteiger partial charge on any atom is -0.484 e. The number of aliphatic imine (C=N–C) groups is 1. The first-order valence-electron chi connectivity index (χ1n) is 10.5. The molecule has 1 fully saturated rings. The highest BCUT2D eigenvalue weighted by atomic mass is 16.5. The van der Waals surface area contributed by atoms with Gasteiger partial charge in [-0.2, -0.15) is 5.10 Å². The van der Waals surface area contributed by atoms with E-state index in [0.717, 1.165) is 40.4 Å². The molecule has 1 amide bonds. The van der Waals surface area contributed by atoms with Gasteiger partial charge in [0.05, 0.1) is 18.3 Å². The predicted octanol–water partition coefficient (Wildman–Crippen LogP) is 2.54. The number of aromatic nitrogens is 2. The number of benzene rings is 2. The molecular weight excluding hydrogens is 394 g/mol. The summed E-state index contributed by atoms with van der Waals surface area (Å²) >= 11 is 0. The summed E-state index contributed by atoms with van der Waals surface area (Å²) in [5, 5.41) is 8.16. The van der Waals surface area contributed by atoms with Crippen LogP contribution < -0.4 is 10.5 Å².